The number of nitrogens with two attached hydrogens (primary N) is 2. The highest BCUT2D eigenvalue weighted by atomic mass is 15.1. The van der Waals surface area contributed by atoms with Crippen molar-refractivity contribution in [3.05, 3.63) is 35.4 Å². The minimum atomic E-state index is 0.706. The number of nitrogens with zero attached hydrogens (tertiary/aromatic N) is 1. The highest BCUT2D eigenvalue weighted by molar-refractivity contribution is 5.22. The molecule has 1 rings (SSSR count). The molecule has 3 heteroatoms. The van der Waals surface area contributed by atoms with Gasteiger partial charge in [0, 0.05) is 19.6 Å². The second kappa shape index (κ2) is 8.23. The van der Waals surface area contributed by atoms with Gasteiger partial charge in [0.2, 0.25) is 0 Å². The molecule has 0 aliphatic heterocycles. The van der Waals surface area contributed by atoms with Gasteiger partial charge >= 0.3 is 0 Å². The van der Waals surface area contributed by atoms with Crippen LogP contribution in [-0.4, -0.2) is 31.1 Å². The molecule has 0 unspecified atom stereocenters. The van der Waals surface area contributed by atoms with Crippen molar-refractivity contribution in [2.45, 2.75) is 26.3 Å². The van der Waals surface area contributed by atoms with Gasteiger partial charge in [0.05, 0.1) is 0 Å². The summed E-state index contributed by atoms with van der Waals surface area (Å²) in [4.78, 5) is 2.37. The molecule has 0 aliphatic rings. The van der Waals surface area contributed by atoms with Gasteiger partial charge in [-0.05, 0) is 37.1 Å². The van der Waals surface area contributed by atoms with Gasteiger partial charge in [-0.25, -0.2) is 0 Å². The minimum Gasteiger partial charge on any atom is -0.330 e. The standard InChI is InChI=1S/C14H25N3/c1-2-13-4-6-14(7-5-13)12-17(11-9-16)10-3-8-15/h4-7H,2-3,8-12,15-16H2,1H3. The maximum Gasteiger partial charge on any atom is 0.0234 e. The molecule has 0 radical (unpaired) electrons. The van der Waals surface area contributed by atoms with Crippen LogP contribution in [0, 0.1) is 0 Å². The third-order valence-corrected chi connectivity index (χ3v) is 2.96. The van der Waals surface area contributed by atoms with Crippen LogP contribution in [0.2, 0.25) is 0 Å². The van der Waals surface area contributed by atoms with Crippen molar-refractivity contribution in [2.75, 3.05) is 26.2 Å². The van der Waals surface area contributed by atoms with Crippen LogP contribution in [0.3, 0.4) is 0 Å². The summed E-state index contributed by atoms with van der Waals surface area (Å²) in [6.45, 7) is 6.57. The average Bonchev–Trinajstić information content (AvgIpc) is 2.37. The molecule has 0 atom stereocenters. The van der Waals surface area contributed by atoms with Crippen molar-refractivity contribution < 1.29 is 0 Å². The second-order valence-corrected chi connectivity index (χ2v) is 4.38. The topological polar surface area (TPSA) is 55.3 Å². The van der Waals surface area contributed by atoms with Crippen LogP contribution in [0.1, 0.15) is 24.5 Å². The van der Waals surface area contributed by atoms with Gasteiger partial charge in [0.15, 0.2) is 0 Å². The van der Waals surface area contributed by atoms with Gasteiger partial charge in [-0.3, -0.25) is 4.90 Å². The molecule has 3 nitrogen and oxygen atoms in total. The second-order valence-electron chi connectivity index (χ2n) is 4.38. The fraction of sp³-hybridized carbons (Fsp3) is 0.571. The van der Waals surface area contributed by atoms with Crippen LogP contribution in [0.15, 0.2) is 24.3 Å². The molecule has 4 N–H and O–H groups in total. The summed E-state index contributed by atoms with van der Waals surface area (Å²) in [6.07, 6.45) is 2.13. The van der Waals surface area contributed by atoms with Crippen molar-refractivity contribution in [3.63, 3.8) is 0 Å². The van der Waals surface area contributed by atoms with E-state index in [0.29, 0.717) is 6.54 Å². The molecule has 0 amide bonds. The summed E-state index contributed by atoms with van der Waals surface area (Å²) in [7, 11) is 0. The molecule has 0 saturated carbocycles. The van der Waals surface area contributed by atoms with Gasteiger partial charge in [-0.15, -0.1) is 0 Å². The summed E-state index contributed by atoms with van der Waals surface area (Å²) in [5.74, 6) is 0. The van der Waals surface area contributed by atoms with Gasteiger partial charge in [0.1, 0.15) is 0 Å². The number of hydrogen-bond acceptors (Lipinski definition) is 3. The smallest absolute Gasteiger partial charge is 0.0234 e. The van der Waals surface area contributed by atoms with E-state index in [2.05, 4.69) is 36.1 Å². The molecule has 1 aromatic rings. The highest BCUT2D eigenvalue weighted by Crippen LogP contribution is 2.08. The molecule has 0 heterocycles. The fourth-order valence-corrected chi connectivity index (χ4v) is 1.91. The Morgan fingerprint density at radius 3 is 2.12 bits per heavy atom. The number of rotatable bonds is 8. The van der Waals surface area contributed by atoms with Crippen LogP contribution in [0.5, 0.6) is 0 Å². The van der Waals surface area contributed by atoms with E-state index in [-0.39, 0.29) is 0 Å². The molecule has 96 valence electrons. The van der Waals surface area contributed by atoms with Crippen LogP contribution >= 0.6 is 0 Å². The molecule has 0 aliphatic carbocycles. The Labute approximate surface area is 105 Å². The first-order valence-electron chi connectivity index (χ1n) is 6.50. The van der Waals surface area contributed by atoms with Crippen molar-refractivity contribution in [2.24, 2.45) is 11.5 Å². The summed E-state index contributed by atoms with van der Waals surface area (Å²) in [6, 6.07) is 8.84. The van der Waals surface area contributed by atoms with E-state index in [1.807, 2.05) is 0 Å². The molecule has 0 saturated heterocycles. The Kier molecular flexibility index (Phi) is 6.86. The lowest BCUT2D eigenvalue weighted by Crippen LogP contribution is -2.31. The van der Waals surface area contributed by atoms with Crippen molar-refractivity contribution in [3.8, 4) is 0 Å². The number of aryl methyl sites for hydroxylation is 1. The summed E-state index contributed by atoms with van der Waals surface area (Å²) < 4.78 is 0. The summed E-state index contributed by atoms with van der Waals surface area (Å²) >= 11 is 0. The molecular weight excluding hydrogens is 210 g/mol. The van der Waals surface area contributed by atoms with Crippen LogP contribution in [0.25, 0.3) is 0 Å². The van der Waals surface area contributed by atoms with E-state index < -0.39 is 0 Å². The molecule has 0 spiro atoms. The molecule has 0 aromatic heterocycles. The zero-order valence-corrected chi connectivity index (χ0v) is 10.9. The number of hydrogen-bond donors (Lipinski definition) is 2. The first-order chi connectivity index (χ1) is 8.30. The monoisotopic (exact) mass is 235 g/mol. The van der Waals surface area contributed by atoms with Crippen LogP contribution in [0.4, 0.5) is 0 Å². The Hall–Kier alpha value is -0.900. The van der Waals surface area contributed by atoms with Gasteiger partial charge in [0.25, 0.3) is 0 Å². The van der Waals surface area contributed by atoms with Crippen LogP contribution < -0.4 is 11.5 Å². The third kappa shape index (κ3) is 5.31. The van der Waals surface area contributed by atoms with Crippen molar-refractivity contribution >= 4 is 0 Å². The Balaban J connectivity index is 2.51. The first-order valence-corrected chi connectivity index (χ1v) is 6.50. The van der Waals surface area contributed by atoms with Gasteiger partial charge in [-0.2, -0.15) is 0 Å². The van der Waals surface area contributed by atoms with Crippen LogP contribution in [-0.2, 0) is 13.0 Å². The van der Waals surface area contributed by atoms with E-state index in [9.17, 15) is 0 Å². The lowest BCUT2D eigenvalue weighted by molar-refractivity contribution is 0.271. The van der Waals surface area contributed by atoms with E-state index in [1.165, 1.54) is 11.1 Å². The molecular formula is C14H25N3. The van der Waals surface area contributed by atoms with E-state index in [1.54, 1.807) is 0 Å². The normalized spacial score (nSPS) is 11.1. The van der Waals surface area contributed by atoms with Crippen molar-refractivity contribution in [1.82, 2.24) is 4.90 Å². The zero-order chi connectivity index (χ0) is 12.5. The summed E-state index contributed by atoms with van der Waals surface area (Å²) in [5.41, 5.74) is 13.9. The van der Waals surface area contributed by atoms with E-state index >= 15 is 0 Å². The Morgan fingerprint density at radius 2 is 1.59 bits per heavy atom. The maximum absolute atomic E-state index is 5.63. The molecule has 1 aromatic carbocycles. The van der Waals surface area contributed by atoms with Gasteiger partial charge in [-0.1, -0.05) is 31.2 Å². The van der Waals surface area contributed by atoms with Gasteiger partial charge < -0.3 is 11.5 Å². The Bertz CT molecular complexity index is 295. The molecule has 0 bridgehead atoms. The van der Waals surface area contributed by atoms with Crippen molar-refractivity contribution in [1.29, 1.82) is 0 Å². The highest BCUT2D eigenvalue weighted by Gasteiger charge is 2.04. The SMILES string of the molecule is CCc1ccc(CN(CCN)CCCN)cc1. The predicted molar refractivity (Wildman–Crippen MR) is 73.8 cm³/mol. The lowest BCUT2D eigenvalue weighted by atomic mass is 10.1. The fourth-order valence-electron chi connectivity index (χ4n) is 1.91. The first kappa shape index (κ1) is 14.2. The van der Waals surface area contributed by atoms with E-state index in [4.69, 9.17) is 11.5 Å². The predicted octanol–water partition coefficient (Wildman–Crippen LogP) is 1.36. The largest absolute Gasteiger partial charge is 0.330 e. The average molecular weight is 235 g/mol. The number of benzene rings is 1. The molecule has 17 heavy (non-hydrogen) atoms. The summed E-state index contributed by atoms with van der Waals surface area (Å²) in [5, 5.41) is 0. The molecule has 0 fully saturated rings. The Morgan fingerprint density at radius 1 is 0.941 bits per heavy atom. The maximum atomic E-state index is 5.63. The third-order valence-electron chi connectivity index (χ3n) is 2.96. The van der Waals surface area contributed by atoms with E-state index in [0.717, 1.165) is 39.0 Å². The zero-order valence-electron chi connectivity index (χ0n) is 10.9. The quantitative estimate of drug-likeness (QED) is 0.715. The lowest BCUT2D eigenvalue weighted by Gasteiger charge is -2.21. The minimum absolute atomic E-state index is 0.706.